The highest BCUT2D eigenvalue weighted by Crippen LogP contribution is 2.20. The number of hydrazone groups is 1. The average Bonchev–Trinajstić information content (AvgIpc) is 3.09. The van der Waals surface area contributed by atoms with E-state index < -0.39 is 0 Å². The Morgan fingerprint density at radius 3 is 2.66 bits per heavy atom. The van der Waals surface area contributed by atoms with Gasteiger partial charge in [0.1, 0.15) is 5.75 Å². The molecular weight excluding hydrogens is 368 g/mol. The summed E-state index contributed by atoms with van der Waals surface area (Å²) in [6.07, 6.45) is 4.67. The topological polar surface area (TPSA) is 98.7 Å². The number of hydrogen-bond acceptors (Lipinski definition) is 4. The van der Waals surface area contributed by atoms with Gasteiger partial charge in [0.25, 0.3) is 5.91 Å². The molecule has 0 fully saturated rings. The van der Waals surface area contributed by atoms with Gasteiger partial charge in [-0.25, -0.2) is 5.43 Å². The fourth-order valence-electron chi connectivity index (χ4n) is 2.94. The molecule has 0 bridgehead atoms. The summed E-state index contributed by atoms with van der Waals surface area (Å²) in [6.45, 7) is 3.17. The SMILES string of the molecule is CCCOc1ccc(C(=O)N/N=C\c2cn(CCC(N)=O)c3ccccc23)cc1. The van der Waals surface area contributed by atoms with Crippen LogP contribution in [0.2, 0.25) is 0 Å². The monoisotopic (exact) mass is 392 g/mol. The molecule has 0 saturated carbocycles. The van der Waals surface area contributed by atoms with Crippen molar-refractivity contribution in [2.24, 2.45) is 10.8 Å². The highest BCUT2D eigenvalue weighted by molar-refractivity contribution is 6.00. The van der Waals surface area contributed by atoms with Crippen LogP contribution in [0, 0.1) is 0 Å². The Labute approximate surface area is 169 Å². The van der Waals surface area contributed by atoms with Crippen LogP contribution < -0.4 is 15.9 Å². The Morgan fingerprint density at radius 1 is 1.17 bits per heavy atom. The summed E-state index contributed by atoms with van der Waals surface area (Å²) in [5.74, 6) is 0.0767. The maximum atomic E-state index is 12.3. The van der Waals surface area contributed by atoms with Gasteiger partial charge in [-0.2, -0.15) is 5.10 Å². The lowest BCUT2D eigenvalue weighted by molar-refractivity contribution is -0.118. The Balaban J connectivity index is 1.69. The van der Waals surface area contributed by atoms with Crippen molar-refractivity contribution in [3.8, 4) is 5.75 Å². The van der Waals surface area contributed by atoms with Gasteiger partial charge in [0.2, 0.25) is 5.91 Å². The van der Waals surface area contributed by atoms with Crippen molar-refractivity contribution < 1.29 is 14.3 Å². The predicted molar refractivity (Wildman–Crippen MR) is 113 cm³/mol. The number of nitrogens with one attached hydrogen (secondary N) is 1. The van der Waals surface area contributed by atoms with Crippen molar-refractivity contribution in [1.82, 2.24) is 9.99 Å². The molecule has 2 aromatic carbocycles. The number of aromatic nitrogens is 1. The van der Waals surface area contributed by atoms with Crippen molar-refractivity contribution >= 4 is 28.9 Å². The van der Waals surface area contributed by atoms with Gasteiger partial charge in [-0.15, -0.1) is 0 Å². The smallest absolute Gasteiger partial charge is 0.271 e. The van der Waals surface area contributed by atoms with Gasteiger partial charge >= 0.3 is 0 Å². The summed E-state index contributed by atoms with van der Waals surface area (Å²) in [7, 11) is 0. The van der Waals surface area contributed by atoms with E-state index in [9.17, 15) is 9.59 Å². The second kappa shape index (κ2) is 9.54. The Hall–Kier alpha value is -3.61. The number of para-hydroxylation sites is 1. The third kappa shape index (κ3) is 5.22. The van der Waals surface area contributed by atoms with Gasteiger partial charge in [-0.05, 0) is 36.8 Å². The van der Waals surface area contributed by atoms with E-state index in [0.717, 1.165) is 28.6 Å². The number of carbonyl (C=O) groups excluding carboxylic acids is 2. The minimum atomic E-state index is -0.351. The van der Waals surface area contributed by atoms with Crippen LogP contribution in [-0.4, -0.2) is 29.2 Å². The fourth-order valence-corrected chi connectivity index (χ4v) is 2.94. The first-order valence-corrected chi connectivity index (χ1v) is 9.51. The fraction of sp³-hybridized carbons (Fsp3) is 0.227. The summed E-state index contributed by atoms with van der Waals surface area (Å²) in [5, 5.41) is 5.07. The molecule has 0 aliphatic heterocycles. The molecule has 0 aliphatic rings. The average molecular weight is 392 g/mol. The normalized spacial score (nSPS) is 11.1. The molecule has 150 valence electrons. The van der Waals surface area contributed by atoms with Gasteiger partial charge in [0, 0.05) is 41.2 Å². The van der Waals surface area contributed by atoms with Crippen LogP contribution >= 0.6 is 0 Å². The van der Waals surface area contributed by atoms with Crippen LogP contribution in [0.5, 0.6) is 5.75 Å². The number of ether oxygens (including phenoxy) is 1. The van der Waals surface area contributed by atoms with Crippen molar-refractivity contribution in [1.29, 1.82) is 0 Å². The number of nitrogens with two attached hydrogens (primary N) is 1. The zero-order valence-corrected chi connectivity index (χ0v) is 16.3. The first-order chi connectivity index (χ1) is 14.1. The molecule has 2 amide bonds. The van der Waals surface area contributed by atoms with Crippen LogP contribution in [0.1, 0.15) is 35.7 Å². The molecule has 7 nitrogen and oxygen atoms in total. The molecule has 0 aliphatic carbocycles. The number of nitrogens with zero attached hydrogens (tertiary/aromatic N) is 2. The first kappa shape index (κ1) is 20.1. The van der Waals surface area contributed by atoms with Gasteiger partial charge in [0.05, 0.1) is 12.8 Å². The molecule has 3 rings (SSSR count). The van der Waals surface area contributed by atoms with Crippen LogP contribution in [0.4, 0.5) is 0 Å². The lowest BCUT2D eigenvalue weighted by atomic mass is 10.2. The molecule has 29 heavy (non-hydrogen) atoms. The molecule has 3 N–H and O–H groups in total. The Kier molecular flexibility index (Phi) is 6.63. The largest absolute Gasteiger partial charge is 0.494 e. The van der Waals surface area contributed by atoms with Gasteiger partial charge in [-0.3, -0.25) is 9.59 Å². The van der Waals surface area contributed by atoms with Crippen LogP contribution in [-0.2, 0) is 11.3 Å². The van der Waals surface area contributed by atoms with E-state index in [4.69, 9.17) is 10.5 Å². The van der Waals surface area contributed by atoms with Crippen molar-refractivity contribution in [2.75, 3.05) is 6.61 Å². The highest BCUT2D eigenvalue weighted by Gasteiger charge is 2.08. The first-order valence-electron chi connectivity index (χ1n) is 9.51. The number of amides is 2. The minimum absolute atomic E-state index is 0.254. The maximum Gasteiger partial charge on any atom is 0.271 e. The molecular formula is C22H24N4O3. The molecule has 0 unspecified atom stereocenters. The summed E-state index contributed by atoms with van der Waals surface area (Å²) < 4.78 is 7.47. The summed E-state index contributed by atoms with van der Waals surface area (Å²) >= 11 is 0. The summed E-state index contributed by atoms with van der Waals surface area (Å²) in [4.78, 5) is 23.4. The molecule has 0 spiro atoms. The number of benzene rings is 2. The number of fused-ring (bicyclic) bond motifs is 1. The second-order valence-corrected chi connectivity index (χ2v) is 6.58. The molecule has 1 heterocycles. The quantitative estimate of drug-likeness (QED) is 0.432. The zero-order chi connectivity index (χ0) is 20.6. The van der Waals surface area contributed by atoms with E-state index >= 15 is 0 Å². The van der Waals surface area contributed by atoms with E-state index in [2.05, 4.69) is 10.5 Å². The van der Waals surface area contributed by atoms with Crippen LogP contribution in [0.3, 0.4) is 0 Å². The van der Waals surface area contributed by atoms with E-state index in [0.29, 0.717) is 18.7 Å². The molecule has 3 aromatic rings. The number of hydrogen-bond donors (Lipinski definition) is 2. The van der Waals surface area contributed by atoms with E-state index in [1.165, 1.54) is 0 Å². The van der Waals surface area contributed by atoms with Crippen LogP contribution in [0.25, 0.3) is 10.9 Å². The highest BCUT2D eigenvalue weighted by atomic mass is 16.5. The molecule has 7 heteroatoms. The van der Waals surface area contributed by atoms with E-state index in [-0.39, 0.29) is 18.2 Å². The summed E-state index contributed by atoms with van der Waals surface area (Å²) in [6, 6.07) is 14.7. The van der Waals surface area contributed by atoms with Crippen molar-refractivity contribution in [3.63, 3.8) is 0 Å². The van der Waals surface area contributed by atoms with Gasteiger partial charge < -0.3 is 15.0 Å². The van der Waals surface area contributed by atoms with Gasteiger partial charge in [0.15, 0.2) is 0 Å². The van der Waals surface area contributed by atoms with Gasteiger partial charge in [-0.1, -0.05) is 25.1 Å². The second-order valence-electron chi connectivity index (χ2n) is 6.58. The van der Waals surface area contributed by atoms with E-state index in [1.807, 2.05) is 42.0 Å². The third-order valence-corrected chi connectivity index (χ3v) is 4.38. The van der Waals surface area contributed by atoms with Crippen molar-refractivity contribution in [2.45, 2.75) is 26.3 Å². The predicted octanol–water partition coefficient (Wildman–Crippen LogP) is 3.07. The maximum absolute atomic E-state index is 12.3. The number of primary amides is 1. The molecule has 0 radical (unpaired) electrons. The third-order valence-electron chi connectivity index (χ3n) is 4.38. The number of rotatable bonds is 9. The minimum Gasteiger partial charge on any atom is -0.494 e. The van der Waals surface area contributed by atoms with Crippen molar-refractivity contribution in [3.05, 3.63) is 65.9 Å². The molecule has 1 aromatic heterocycles. The lowest BCUT2D eigenvalue weighted by Gasteiger charge is -2.05. The lowest BCUT2D eigenvalue weighted by Crippen LogP contribution is -2.17. The zero-order valence-electron chi connectivity index (χ0n) is 16.3. The van der Waals surface area contributed by atoms with Crippen LogP contribution in [0.15, 0.2) is 59.8 Å². The molecule has 0 saturated heterocycles. The standard InChI is InChI=1S/C22H24N4O3/c1-2-13-29-18-9-7-16(8-10-18)22(28)25-24-14-17-15-26(12-11-21(23)27)20-6-4-3-5-19(17)20/h3-10,14-15H,2,11-13H2,1H3,(H2,23,27)(H,25,28)/b24-14-. The Bertz CT molecular complexity index is 1020. The Morgan fingerprint density at radius 2 is 1.93 bits per heavy atom. The number of carbonyl (C=O) groups is 2. The number of aryl methyl sites for hydroxylation is 1. The van der Waals surface area contributed by atoms with E-state index in [1.54, 1.807) is 30.5 Å². The summed E-state index contributed by atoms with van der Waals surface area (Å²) in [5.41, 5.74) is 10.1. The molecule has 0 atom stereocenters.